The molecule has 0 N–H and O–H groups in total. The van der Waals surface area contributed by atoms with Crippen LogP contribution in [0.2, 0.25) is 0 Å². The minimum atomic E-state index is -1.01. The Balaban J connectivity index is 0.000000537. The summed E-state index contributed by atoms with van der Waals surface area (Å²) in [5, 5.41) is 0. The largest absolute Gasteiger partial charge is 1.00 e. The number of hydrogen-bond donors (Lipinski definition) is 0. The Bertz CT molecular complexity index is 532. The van der Waals surface area contributed by atoms with Crippen LogP contribution in [0.4, 0.5) is 11.4 Å². The Hall–Kier alpha value is -0.590. The van der Waals surface area contributed by atoms with E-state index < -0.39 is 23.5 Å². The number of benzene rings is 2. The maximum Gasteiger partial charge on any atom is -1.00 e. The first kappa shape index (κ1) is 28.4. The van der Waals surface area contributed by atoms with E-state index in [4.69, 9.17) is 9.47 Å². The molecule has 160 valence electrons. The fourth-order valence-corrected chi connectivity index (χ4v) is 6.18. The van der Waals surface area contributed by atoms with Gasteiger partial charge in [0, 0.05) is 26.4 Å². The second kappa shape index (κ2) is 18.2. The van der Waals surface area contributed by atoms with Crippen molar-refractivity contribution in [1.29, 1.82) is 0 Å². The van der Waals surface area contributed by atoms with E-state index in [0.29, 0.717) is 0 Å². The third kappa shape index (κ3) is 12.6. The van der Waals surface area contributed by atoms with Crippen molar-refractivity contribution in [2.75, 3.05) is 46.3 Å². The molecule has 2 aromatic rings. The average Bonchev–Trinajstić information content (AvgIpc) is 3.48. The van der Waals surface area contributed by atoms with Crippen LogP contribution in [-0.2, 0) is 33.0 Å². The SMILES string of the molecule is C1CCOC1.C1CCOC1.C[N]([Hf+2][N](C)c1ccccc1)c1ccccc1.[Cl-].[Cl-]. The van der Waals surface area contributed by atoms with Crippen LogP contribution in [0.25, 0.3) is 0 Å². The van der Waals surface area contributed by atoms with Gasteiger partial charge in [0.15, 0.2) is 0 Å². The number of nitrogens with zero attached hydrogens (tertiary/aromatic N) is 2. The van der Waals surface area contributed by atoms with Crippen LogP contribution in [0.1, 0.15) is 25.7 Å². The maximum atomic E-state index is 4.94. The van der Waals surface area contributed by atoms with Gasteiger partial charge in [0.1, 0.15) is 0 Å². The van der Waals surface area contributed by atoms with Gasteiger partial charge in [-0.2, -0.15) is 0 Å². The Morgan fingerprint density at radius 2 is 0.897 bits per heavy atom. The Kier molecular flexibility index (Phi) is 17.8. The van der Waals surface area contributed by atoms with E-state index in [1.165, 1.54) is 37.1 Å². The van der Waals surface area contributed by atoms with Gasteiger partial charge in [-0.25, -0.2) is 0 Å². The molecule has 2 heterocycles. The molecule has 0 unspecified atom stereocenters. The smallest absolute Gasteiger partial charge is 1.00 e. The van der Waals surface area contributed by atoms with Gasteiger partial charge >= 0.3 is 115 Å². The molecule has 0 atom stereocenters. The first-order chi connectivity index (χ1) is 13.3. The molecule has 0 spiro atoms. The van der Waals surface area contributed by atoms with E-state index in [1.54, 1.807) is 0 Å². The predicted octanol–water partition coefficient (Wildman–Crippen LogP) is -1.23. The zero-order chi connectivity index (χ0) is 19.2. The van der Waals surface area contributed by atoms with Crippen LogP contribution in [0.5, 0.6) is 0 Å². The fourth-order valence-electron chi connectivity index (χ4n) is 2.66. The average molecular weight is 606 g/mol. The van der Waals surface area contributed by atoms with Gasteiger partial charge < -0.3 is 34.3 Å². The Labute approximate surface area is 200 Å². The van der Waals surface area contributed by atoms with Gasteiger partial charge in [-0.3, -0.25) is 0 Å². The fraction of sp³-hybridized carbons (Fsp3) is 0.455. The van der Waals surface area contributed by atoms with Crippen LogP contribution in [0.15, 0.2) is 60.7 Å². The molecule has 2 aromatic carbocycles. The zero-order valence-corrected chi connectivity index (χ0v) is 22.5. The van der Waals surface area contributed by atoms with Gasteiger partial charge in [-0.1, -0.05) is 0 Å². The van der Waals surface area contributed by atoms with E-state index in [-0.39, 0.29) is 24.8 Å². The summed E-state index contributed by atoms with van der Waals surface area (Å²) in [5.74, 6) is 0. The number of rotatable bonds is 4. The van der Waals surface area contributed by atoms with Crippen LogP contribution < -0.4 is 30.6 Å². The second-order valence-corrected chi connectivity index (χ2v) is 12.1. The summed E-state index contributed by atoms with van der Waals surface area (Å²) in [6.45, 7) is 4.00. The van der Waals surface area contributed by atoms with E-state index in [1.807, 2.05) is 0 Å². The van der Waals surface area contributed by atoms with Crippen molar-refractivity contribution >= 4 is 11.4 Å². The molecule has 0 radical (unpaired) electrons. The van der Waals surface area contributed by atoms with E-state index in [9.17, 15) is 0 Å². The molecule has 0 saturated carbocycles. The number of ether oxygens (including phenoxy) is 2. The molecule has 7 heteroatoms. The third-order valence-electron chi connectivity index (χ3n) is 4.24. The molecule has 2 aliphatic heterocycles. The summed E-state index contributed by atoms with van der Waals surface area (Å²) < 4.78 is 14.7. The zero-order valence-electron chi connectivity index (χ0n) is 17.4. The van der Waals surface area contributed by atoms with Gasteiger partial charge in [0.2, 0.25) is 0 Å². The number of para-hydroxylation sites is 2. The molecule has 2 fully saturated rings. The molecule has 2 saturated heterocycles. The summed E-state index contributed by atoms with van der Waals surface area (Å²) in [5.41, 5.74) is 2.64. The maximum absolute atomic E-state index is 4.94. The van der Waals surface area contributed by atoms with Gasteiger partial charge in [-0.15, -0.1) is 0 Å². The van der Waals surface area contributed by atoms with Crippen molar-refractivity contribution in [2.45, 2.75) is 25.7 Å². The second-order valence-electron chi connectivity index (χ2n) is 6.53. The molecule has 0 aliphatic carbocycles. The Morgan fingerprint density at radius 1 is 0.586 bits per heavy atom. The quantitative estimate of drug-likeness (QED) is 0.408. The molecule has 0 amide bonds. The van der Waals surface area contributed by atoms with E-state index >= 15 is 0 Å². The van der Waals surface area contributed by atoms with Crippen molar-refractivity contribution in [2.24, 2.45) is 0 Å². The normalized spacial score (nSPS) is 13.9. The standard InChI is InChI=1S/2C7H8N.2C4H8O.2ClH.Hf/c2*1-8-7-5-3-2-4-6-7;2*1-2-4-5-3-1;;;/h2*2-6H,1H3;2*1-4H2;2*1H;/q2*-1;;;;;+4/p-2. The summed E-state index contributed by atoms with van der Waals surface area (Å²) in [6, 6.07) is 21.2. The number of halogens is 2. The summed E-state index contributed by atoms with van der Waals surface area (Å²) >= 11 is -1.01. The summed E-state index contributed by atoms with van der Waals surface area (Å²) in [7, 11) is 4.38. The summed E-state index contributed by atoms with van der Waals surface area (Å²) in [4.78, 5) is 0. The van der Waals surface area contributed by atoms with Gasteiger partial charge in [-0.05, 0) is 25.7 Å². The summed E-state index contributed by atoms with van der Waals surface area (Å²) in [6.07, 6.45) is 5.11. The number of hydrogen-bond acceptors (Lipinski definition) is 4. The predicted molar refractivity (Wildman–Crippen MR) is 110 cm³/mol. The first-order valence-corrected chi connectivity index (χ1v) is 13.0. The molecule has 4 rings (SSSR count). The monoisotopic (exact) mass is 606 g/mol. The van der Waals surface area contributed by atoms with Crippen molar-refractivity contribution < 1.29 is 57.8 Å². The minimum Gasteiger partial charge on any atom is -1.00 e. The van der Waals surface area contributed by atoms with E-state index in [0.717, 1.165) is 26.4 Å². The van der Waals surface area contributed by atoms with Gasteiger partial charge in [0.05, 0.1) is 0 Å². The minimum absolute atomic E-state index is 0. The van der Waals surface area contributed by atoms with Crippen LogP contribution >= 0.6 is 0 Å². The van der Waals surface area contributed by atoms with Crippen molar-refractivity contribution in [3.63, 3.8) is 0 Å². The Morgan fingerprint density at radius 3 is 1.14 bits per heavy atom. The van der Waals surface area contributed by atoms with Crippen LogP contribution in [-0.4, -0.2) is 40.5 Å². The molecule has 0 bridgehead atoms. The molecular formula is C22H32Cl2HfN2O2. The molecule has 29 heavy (non-hydrogen) atoms. The molecular weight excluding hydrogens is 574 g/mol. The van der Waals surface area contributed by atoms with Crippen molar-refractivity contribution in [1.82, 2.24) is 0 Å². The molecule has 2 aliphatic rings. The van der Waals surface area contributed by atoms with Crippen molar-refractivity contribution in [3.8, 4) is 0 Å². The van der Waals surface area contributed by atoms with E-state index in [2.05, 4.69) is 80.5 Å². The molecule has 0 aromatic heterocycles. The van der Waals surface area contributed by atoms with Crippen LogP contribution in [0.3, 0.4) is 0 Å². The topological polar surface area (TPSA) is 24.9 Å². The van der Waals surface area contributed by atoms with Crippen LogP contribution in [0, 0.1) is 0 Å². The van der Waals surface area contributed by atoms with Gasteiger partial charge in [0.25, 0.3) is 0 Å². The van der Waals surface area contributed by atoms with Crippen molar-refractivity contribution in [3.05, 3.63) is 60.7 Å². The third-order valence-corrected chi connectivity index (χ3v) is 8.25. The first-order valence-electron chi connectivity index (χ1n) is 9.76. The molecule has 4 nitrogen and oxygen atoms in total. The number of anilines is 2.